The predicted molar refractivity (Wildman–Crippen MR) is 56.7 cm³/mol. The first-order valence-electron chi connectivity index (χ1n) is 4.96. The highest BCUT2D eigenvalue weighted by atomic mass is 16.7. The molecule has 0 bridgehead atoms. The third kappa shape index (κ3) is 1.99. The van der Waals surface area contributed by atoms with Crippen LogP contribution < -0.4 is 19.5 Å². The lowest BCUT2D eigenvalue weighted by atomic mass is 10.1. The van der Waals surface area contributed by atoms with Gasteiger partial charge in [0.15, 0.2) is 11.5 Å². The molecule has 4 heteroatoms. The Hall–Kier alpha value is -1.42. The third-order valence-electron chi connectivity index (χ3n) is 2.40. The monoisotopic (exact) mass is 209 g/mol. The van der Waals surface area contributed by atoms with E-state index in [1.165, 1.54) is 0 Å². The topological polar surface area (TPSA) is 39.7 Å². The van der Waals surface area contributed by atoms with E-state index < -0.39 is 0 Å². The average Bonchev–Trinajstić information content (AvgIpc) is 2.73. The summed E-state index contributed by atoms with van der Waals surface area (Å²) in [5, 5.41) is 3.11. The molecule has 15 heavy (non-hydrogen) atoms. The van der Waals surface area contributed by atoms with Gasteiger partial charge in [-0.1, -0.05) is 0 Å². The molecule has 82 valence electrons. The number of hydrogen-bond acceptors (Lipinski definition) is 4. The highest BCUT2D eigenvalue weighted by Crippen LogP contribution is 2.39. The minimum absolute atomic E-state index is 0.301. The minimum Gasteiger partial charge on any atom is -0.497 e. The SMILES string of the molecule is CNCCc1cc(OC)cc2c1OCO2. The molecule has 0 spiro atoms. The summed E-state index contributed by atoms with van der Waals surface area (Å²) in [6.07, 6.45) is 0.902. The van der Waals surface area contributed by atoms with Crippen molar-refractivity contribution in [2.45, 2.75) is 6.42 Å². The molecule has 0 fully saturated rings. The van der Waals surface area contributed by atoms with Crippen molar-refractivity contribution in [3.63, 3.8) is 0 Å². The van der Waals surface area contributed by atoms with E-state index in [-0.39, 0.29) is 0 Å². The number of rotatable bonds is 4. The number of fused-ring (bicyclic) bond motifs is 1. The zero-order valence-electron chi connectivity index (χ0n) is 9.00. The Balaban J connectivity index is 2.30. The Labute approximate surface area is 89.1 Å². The summed E-state index contributed by atoms with van der Waals surface area (Å²) >= 11 is 0. The second-order valence-corrected chi connectivity index (χ2v) is 3.37. The van der Waals surface area contributed by atoms with Gasteiger partial charge >= 0.3 is 0 Å². The molecule has 0 atom stereocenters. The number of methoxy groups -OCH3 is 1. The molecule has 0 saturated carbocycles. The van der Waals surface area contributed by atoms with Crippen molar-refractivity contribution in [2.75, 3.05) is 27.5 Å². The van der Waals surface area contributed by atoms with Crippen molar-refractivity contribution < 1.29 is 14.2 Å². The molecule has 1 aromatic rings. The van der Waals surface area contributed by atoms with Gasteiger partial charge in [-0.05, 0) is 26.1 Å². The number of likely N-dealkylation sites (N-methyl/N-ethyl adjacent to an activating group) is 1. The van der Waals surface area contributed by atoms with Gasteiger partial charge in [0, 0.05) is 11.6 Å². The van der Waals surface area contributed by atoms with Crippen molar-refractivity contribution in [2.24, 2.45) is 0 Å². The summed E-state index contributed by atoms with van der Waals surface area (Å²) in [5.41, 5.74) is 1.12. The van der Waals surface area contributed by atoms with Crippen LogP contribution in [-0.4, -0.2) is 27.5 Å². The van der Waals surface area contributed by atoms with E-state index in [1.807, 2.05) is 19.2 Å². The van der Waals surface area contributed by atoms with Crippen LogP contribution in [0, 0.1) is 0 Å². The third-order valence-corrected chi connectivity index (χ3v) is 2.40. The Kier molecular flexibility index (Phi) is 2.97. The minimum atomic E-state index is 0.301. The van der Waals surface area contributed by atoms with E-state index in [4.69, 9.17) is 14.2 Å². The van der Waals surface area contributed by atoms with Gasteiger partial charge in [-0.3, -0.25) is 0 Å². The molecule has 1 aromatic carbocycles. The summed E-state index contributed by atoms with van der Waals surface area (Å²) in [4.78, 5) is 0. The summed E-state index contributed by atoms with van der Waals surface area (Å²) < 4.78 is 16.0. The maximum Gasteiger partial charge on any atom is 0.231 e. The number of benzene rings is 1. The van der Waals surface area contributed by atoms with Crippen LogP contribution in [0.2, 0.25) is 0 Å². The normalized spacial score (nSPS) is 12.9. The molecule has 0 saturated heterocycles. The smallest absolute Gasteiger partial charge is 0.231 e. The molecule has 0 unspecified atom stereocenters. The van der Waals surface area contributed by atoms with Crippen molar-refractivity contribution in [3.05, 3.63) is 17.7 Å². The molecule has 0 amide bonds. The first-order chi connectivity index (χ1) is 7.35. The van der Waals surface area contributed by atoms with Gasteiger partial charge in [0.2, 0.25) is 6.79 Å². The van der Waals surface area contributed by atoms with Crippen LogP contribution in [-0.2, 0) is 6.42 Å². The molecular weight excluding hydrogens is 194 g/mol. The quantitative estimate of drug-likeness (QED) is 0.808. The van der Waals surface area contributed by atoms with E-state index in [0.717, 1.165) is 35.8 Å². The predicted octanol–water partition coefficient (Wildman–Crippen LogP) is 1.19. The van der Waals surface area contributed by atoms with Crippen LogP contribution in [0.3, 0.4) is 0 Å². The lowest BCUT2D eigenvalue weighted by molar-refractivity contribution is 0.173. The maximum atomic E-state index is 5.42. The zero-order chi connectivity index (χ0) is 10.7. The van der Waals surface area contributed by atoms with Crippen LogP contribution in [0.4, 0.5) is 0 Å². The molecule has 4 nitrogen and oxygen atoms in total. The van der Waals surface area contributed by atoms with E-state index in [9.17, 15) is 0 Å². The van der Waals surface area contributed by atoms with Gasteiger partial charge in [-0.2, -0.15) is 0 Å². The number of nitrogens with one attached hydrogen (secondary N) is 1. The summed E-state index contributed by atoms with van der Waals surface area (Å²) in [6.45, 7) is 1.21. The largest absolute Gasteiger partial charge is 0.497 e. The van der Waals surface area contributed by atoms with Crippen molar-refractivity contribution in [1.82, 2.24) is 5.32 Å². The summed E-state index contributed by atoms with van der Waals surface area (Å²) in [6, 6.07) is 3.84. The second kappa shape index (κ2) is 4.40. The van der Waals surface area contributed by atoms with E-state index >= 15 is 0 Å². The molecule has 0 radical (unpaired) electrons. The van der Waals surface area contributed by atoms with Gasteiger partial charge in [-0.25, -0.2) is 0 Å². The molecule has 1 aliphatic rings. The van der Waals surface area contributed by atoms with Gasteiger partial charge in [0.25, 0.3) is 0 Å². The molecule has 1 aliphatic heterocycles. The molecule has 1 heterocycles. The Morgan fingerprint density at radius 2 is 2.27 bits per heavy atom. The van der Waals surface area contributed by atoms with Crippen LogP contribution in [0.1, 0.15) is 5.56 Å². The van der Waals surface area contributed by atoms with Crippen LogP contribution in [0.25, 0.3) is 0 Å². The Morgan fingerprint density at radius 3 is 3.00 bits per heavy atom. The average molecular weight is 209 g/mol. The molecule has 0 aliphatic carbocycles. The number of ether oxygens (including phenoxy) is 3. The number of hydrogen-bond donors (Lipinski definition) is 1. The Morgan fingerprint density at radius 1 is 1.40 bits per heavy atom. The zero-order valence-corrected chi connectivity index (χ0v) is 9.00. The van der Waals surface area contributed by atoms with Crippen LogP contribution >= 0.6 is 0 Å². The Bertz CT molecular complexity index is 352. The van der Waals surface area contributed by atoms with Gasteiger partial charge in [0.05, 0.1) is 7.11 Å². The summed E-state index contributed by atoms with van der Waals surface area (Å²) in [5.74, 6) is 2.44. The van der Waals surface area contributed by atoms with Crippen molar-refractivity contribution in [1.29, 1.82) is 0 Å². The standard InChI is InChI=1S/C11H15NO3/c1-12-4-3-8-5-9(13-2)6-10-11(8)15-7-14-10/h5-6,12H,3-4,7H2,1-2H3. The van der Waals surface area contributed by atoms with Gasteiger partial charge in [0.1, 0.15) is 5.75 Å². The van der Waals surface area contributed by atoms with E-state index in [1.54, 1.807) is 7.11 Å². The van der Waals surface area contributed by atoms with Gasteiger partial charge in [-0.15, -0.1) is 0 Å². The van der Waals surface area contributed by atoms with Crippen molar-refractivity contribution >= 4 is 0 Å². The second-order valence-electron chi connectivity index (χ2n) is 3.37. The van der Waals surface area contributed by atoms with Crippen LogP contribution in [0.5, 0.6) is 17.2 Å². The van der Waals surface area contributed by atoms with Crippen molar-refractivity contribution in [3.8, 4) is 17.2 Å². The fourth-order valence-electron chi connectivity index (χ4n) is 1.62. The molecular formula is C11H15NO3. The fraction of sp³-hybridized carbons (Fsp3) is 0.455. The van der Waals surface area contributed by atoms with E-state index in [2.05, 4.69) is 5.32 Å². The lowest BCUT2D eigenvalue weighted by Crippen LogP contribution is -2.10. The first kappa shape index (κ1) is 10.1. The summed E-state index contributed by atoms with van der Waals surface area (Å²) in [7, 11) is 3.58. The maximum absolute atomic E-state index is 5.42. The molecule has 0 aromatic heterocycles. The van der Waals surface area contributed by atoms with Gasteiger partial charge < -0.3 is 19.5 Å². The lowest BCUT2D eigenvalue weighted by Gasteiger charge is -2.08. The first-order valence-corrected chi connectivity index (χ1v) is 4.96. The van der Waals surface area contributed by atoms with E-state index in [0.29, 0.717) is 6.79 Å². The highest BCUT2D eigenvalue weighted by Gasteiger charge is 2.19. The highest BCUT2D eigenvalue weighted by molar-refractivity contribution is 5.53. The fourth-order valence-corrected chi connectivity index (χ4v) is 1.62. The van der Waals surface area contributed by atoms with Crippen LogP contribution in [0.15, 0.2) is 12.1 Å². The molecule has 2 rings (SSSR count). The molecule has 1 N–H and O–H groups in total.